The van der Waals surface area contributed by atoms with Crippen molar-refractivity contribution in [1.82, 2.24) is 0 Å². The third-order valence-electron chi connectivity index (χ3n) is 3.84. The van der Waals surface area contributed by atoms with E-state index in [9.17, 15) is 25.0 Å². The first-order valence-corrected chi connectivity index (χ1v) is 9.43. The van der Waals surface area contributed by atoms with E-state index >= 15 is 0 Å². The molecule has 27 heavy (non-hydrogen) atoms. The van der Waals surface area contributed by atoms with E-state index in [-0.39, 0.29) is 24.2 Å². The minimum Gasteiger partial charge on any atom is -0.303 e. The zero-order valence-electron chi connectivity index (χ0n) is 16.0. The van der Waals surface area contributed by atoms with Crippen molar-refractivity contribution in [2.45, 2.75) is 71.1 Å². The summed E-state index contributed by atoms with van der Waals surface area (Å²) < 4.78 is 0. The number of rotatable bonds is 16. The Bertz CT molecular complexity index is 577. The van der Waals surface area contributed by atoms with E-state index in [2.05, 4.69) is 0 Å². The van der Waals surface area contributed by atoms with Crippen molar-refractivity contribution in [1.29, 1.82) is 0 Å². The average Bonchev–Trinajstić information content (AvgIpc) is 2.63. The molecule has 0 rings (SSSR count). The third kappa shape index (κ3) is 14.3. The molecule has 0 atom stereocenters. The molecule has 0 aliphatic rings. The van der Waals surface area contributed by atoms with Gasteiger partial charge in [0.25, 0.3) is 0 Å². The largest absolute Gasteiger partial charge is 0.303 e. The van der Waals surface area contributed by atoms with Crippen molar-refractivity contribution in [3.05, 3.63) is 68.1 Å². The molecule has 0 amide bonds. The Morgan fingerprint density at radius 3 is 1.96 bits per heavy atom. The lowest BCUT2D eigenvalue weighted by atomic mass is 10.1. The smallest absolute Gasteiger partial charge is 0.246 e. The molecular weight excluding hydrogens is 348 g/mol. The molecule has 0 radical (unpaired) electrons. The van der Waals surface area contributed by atoms with Crippen molar-refractivity contribution < 1.29 is 14.6 Å². The van der Waals surface area contributed by atoms with Gasteiger partial charge in [-0.2, -0.15) is 0 Å². The van der Waals surface area contributed by atoms with Crippen LogP contribution in [0.3, 0.4) is 0 Å². The Morgan fingerprint density at radius 1 is 0.778 bits per heavy atom. The number of hydrogen-bond donors (Lipinski definition) is 0. The molecule has 0 saturated carbocycles. The van der Waals surface area contributed by atoms with E-state index < -0.39 is 9.85 Å². The molecular formula is C20H30N2O5. The first-order valence-electron chi connectivity index (χ1n) is 9.43. The first-order chi connectivity index (χ1) is 13.0. The summed E-state index contributed by atoms with van der Waals surface area (Å²) in [5, 5.41) is 22.2. The van der Waals surface area contributed by atoms with Gasteiger partial charge in [-0.25, -0.2) is 0 Å². The molecule has 0 aromatic heterocycles. The van der Waals surface area contributed by atoms with Crippen molar-refractivity contribution in [3.8, 4) is 0 Å². The maximum atomic E-state index is 11.1. The minimum absolute atomic E-state index is 0.0166. The second kappa shape index (κ2) is 16.9. The highest BCUT2D eigenvalue weighted by molar-refractivity contribution is 5.48. The van der Waals surface area contributed by atoms with Gasteiger partial charge >= 0.3 is 0 Å². The highest BCUT2D eigenvalue weighted by Crippen LogP contribution is 2.13. The number of nitro groups is 2. The topological polar surface area (TPSA) is 103 Å². The van der Waals surface area contributed by atoms with Crippen LogP contribution in [0.2, 0.25) is 0 Å². The lowest BCUT2D eigenvalue weighted by Gasteiger charge is -1.98. The highest BCUT2D eigenvalue weighted by atomic mass is 16.6. The molecule has 0 N–H and O–H groups in total. The third-order valence-corrected chi connectivity index (χ3v) is 3.84. The summed E-state index contributed by atoms with van der Waals surface area (Å²) >= 11 is 0. The van der Waals surface area contributed by atoms with Crippen LogP contribution in [0.1, 0.15) is 71.1 Å². The molecule has 0 aliphatic carbocycles. The van der Waals surface area contributed by atoms with Gasteiger partial charge in [0.2, 0.25) is 11.4 Å². The average molecular weight is 378 g/mol. The SMILES string of the molecule is CC/C=C\C/C=C\C/C(=C\C/C(=C\CCCCCCC=O)[N+](=O)[O-])[N+](=O)[O-]. The Labute approximate surface area is 160 Å². The quantitative estimate of drug-likeness (QED) is 0.115. The van der Waals surface area contributed by atoms with Gasteiger partial charge in [-0.15, -0.1) is 0 Å². The summed E-state index contributed by atoms with van der Waals surface area (Å²) in [6, 6.07) is 0. The molecule has 0 unspecified atom stereocenters. The Morgan fingerprint density at radius 2 is 1.37 bits per heavy atom. The molecule has 0 spiro atoms. The van der Waals surface area contributed by atoms with Crippen LogP contribution in [0.15, 0.2) is 47.9 Å². The number of allylic oxidation sites excluding steroid dienone is 6. The number of nitrogens with zero attached hydrogens (tertiary/aromatic N) is 2. The number of hydrogen-bond acceptors (Lipinski definition) is 5. The molecule has 0 heterocycles. The van der Waals surface area contributed by atoms with Gasteiger partial charge in [-0.3, -0.25) is 20.2 Å². The van der Waals surface area contributed by atoms with E-state index in [1.54, 1.807) is 12.2 Å². The summed E-state index contributed by atoms with van der Waals surface area (Å²) in [6.07, 6.45) is 17.6. The molecule has 7 heteroatoms. The Balaban J connectivity index is 4.57. The van der Waals surface area contributed by atoms with Crippen LogP contribution in [-0.2, 0) is 4.79 Å². The van der Waals surface area contributed by atoms with Gasteiger partial charge in [0.05, 0.1) is 22.7 Å². The van der Waals surface area contributed by atoms with Gasteiger partial charge in [0.15, 0.2) is 0 Å². The molecule has 0 saturated heterocycles. The minimum atomic E-state index is -0.489. The van der Waals surface area contributed by atoms with E-state index in [1.807, 2.05) is 25.2 Å². The lowest BCUT2D eigenvalue weighted by Crippen LogP contribution is -2.01. The summed E-state index contributed by atoms with van der Waals surface area (Å²) in [4.78, 5) is 31.5. The summed E-state index contributed by atoms with van der Waals surface area (Å²) in [5.74, 6) is 0. The predicted molar refractivity (Wildman–Crippen MR) is 106 cm³/mol. The standard InChI is InChI=1S/C20H30N2O5/c1-2-3-4-5-8-11-14-19(21(24)25)16-17-20(22(26)27)15-12-9-6-7-10-13-18-23/h3-4,8,11,15-16,18H,2,5-7,9-10,12-14,17H2,1H3/b4-3-,11-8-,19-16+,20-15+. The van der Waals surface area contributed by atoms with Gasteiger partial charge in [0, 0.05) is 6.42 Å². The Hall–Kier alpha value is -2.57. The number of aldehydes is 1. The monoisotopic (exact) mass is 378 g/mol. The molecule has 150 valence electrons. The predicted octanol–water partition coefficient (Wildman–Crippen LogP) is 5.54. The van der Waals surface area contributed by atoms with Crippen molar-refractivity contribution >= 4 is 6.29 Å². The van der Waals surface area contributed by atoms with Gasteiger partial charge in [0.1, 0.15) is 6.29 Å². The maximum Gasteiger partial charge on any atom is 0.246 e. The van der Waals surface area contributed by atoms with Crippen molar-refractivity contribution in [2.24, 2.45) is 0 Å². The second-order valence-corrected chi connectivity index (χ2v) is 6.06. The van der Waals surface area contributed by atoms with Crippen LogP contribution in [0, 0.1) is 20.2 Å². The normalized spacial score (nSPS) is 12.8. The number of unbranched alkanes of at least 4 members (excludes halogenated alkanes) is 5. The number of carbonyl (C=O) groups is 1. The maximum absolute atomic E-state index is 11.1. The lowest BCUT2D eigenvalue weighted by molar-refractivity contribution is -0.431. The fraction of sp³-hybridized carbons (Fsp3) is 0.550. The second-order valence-electron chi connectivity index (χ2n) is 6.06. The summed E-state index contributed by atoms with van der Waals surface area (Å²) in [5.41, 5.74) is -0.0514. The van der Waals surface area contributed by atoms with Crippen molar-refractivity contribution in [3.63, 3.8) is 0 Å². The van der Waals surface area contributed by atoms with Gasteiger partial charge < -0.3 is 4.79 Å². The Kier molecular flexibility index (Phi) is 15.3. The van der Waals surface area contributed by atoms with Crippen LogP contribution in [0.25, 0.3) is 0 Å². The molecule has 0 fully saturated rings. The van der Waals surface area contributed by atoms with Crippen LogP contribution in [-0.4, -0.2) is 16.1 Å². The van der Waals surface area contributed by atoms with Gasteiger partial charge in [-0.05, 0) is 44.3 Å². The summed E-state index contributed by atoms with van der Waals surface area (Å²) in [6.45, 7) is 2.03. The van der Waals surface area contributed by atoms with Gasteiger partial charge in [-0.1, -0.05) is 44.1 Å². The van der Waals surface area contributed by atoms with E-state index in [4.69, 9.17) is 0 Å². The highest BCUT2D eigenvalue weighted by Gasteiger charge is 2.13. The van der Waals surface area contributed by atoms with Crippen molar-refractivity contribution in [2.75, 3.05) is 0 Å². The fourth-order valence-electron chi connectivity index (χ4n) is 2.32. The van der Waals surface area contributed by atoms with Crippen LogP contribution < -0.4 is 0 Å². The first kappa shape index (κ1) is 24.4. The summed E-state index contributed by atoms with van der Waals surface area (Å²) in [7, 11) is 0. The van der Waals surface area contributed by atoms with E-state index in [1.165, 1.54) is 6.08 Å². The fourth-order valence-corrected chi connectivity index (χ4v) is 2.32. The molecule has 0 aliphatic heterocycles. The molecule has 0 aromatic rings. The molecule has 7 nitrogen and oxygen atoms in total. The molecule has 0 bridgehead atoms. The zero-order chi connectivity index (χ0) is 20.3. The van der Waals surface area contributed by atoms with E-state index in [0.717, 1.165) is 38.4 Å². The van der Waals surface area contributed by atoms with Crippen LogP contribution in [0.5, 0.6) is 0 Å². The van der Waals surface area contributed by atoms with E-state index in [0.29, 0.717) is 19.3 Å². The zero-order valence-corrected chi connectivity index (χ0v) is 16.0. The number of carbonyl (C=O) groups excluding carboxylic acids is 1. The van der Waals surface area contributed by atoms with Crippen LogP contribution >= 0.6 is 0 Å². The van der Waals surface area contributed by atoms with Crippen LogP contribution in [0.4, 0.5) is 0 Å². The molecule has 0 aromatic carbocycles.